The van der Waals surface area contributed by atoms with E-state index in [1.54, 1.807) is 54.6 Å². The summed E-state index contributed by atoms with van der Waals surface area (Å²) in [4.78, 5) is 48.3. The summed E-state index contributed by atoms with van der Waals surface area (Å²) in [6.45, 7) is 1.58. The molecule has 3 N–H and O–H groups in total. The van der Waals surface area contributed by atoms with Gasteiger partial charge in [-0.3, -0.25) is 14.5 Å². The Bertz CT molecular complexity index is 995. The van der Waals surface area contributed by atoms with Gasteiger partial charge < -0.3 is 25.3 Å². The average Bonchev–Trinajstić information content (AvgIpc) is 3.12. The van der Waals surface area contributed by atoms with E-state index in [1.165, 1.54) is 11.8 Å². The normalized spacial score (nSPS) is 16.0. The molecule has 2 aromatic rings. The molecule has 174 valence electrons. The molecule has 0 aliphatic carbocycles. The number of nitrogens with zero attached hydrogens (tertiary/aromatic N) is 1. The Morgan fingerprint density at radius 3 is 2.48 bits per heavy atom. The lowest BCUT2D eigenvalue weighted by Gasteiger charge is -2.13. The summed E-state index contributed by atoms with van der Waals surface area (Å²) in [5.74, 6) is -0.560. The second kappa shape index (κ2) is 11.0. The number of hydrogen-bond donors (Lipinski definition) is 2. The number of nitrogens with two attached hydrogens (primary N) is 1. The van der Waals surface area contributed by atoms with E-state index in [9.17, 15) is 19.2 Å². The highest BCUT2D eigenvalue weighted by atomic mass is 16.6. The van der Waals surface area contributed by atoms with Crippen LogP contribution in [0.5, 0.6) is 11.5 Å². The van der Waals surface area contributed by atoms with Crippen LogP contribution in [0.3, 0.4) is 0 Å². The van der Waals surface area contributed by atoms with Gasteiger partial charge >= 0.3 is 12.1 Å². The molecule has 0 bridgehead atoms. The fourth-order valence-electron chi connectivity index (χ4n) is 3.04. The maximum absolute atomic E-state index is 12.0. The highest BCUT2D eigenvalue weighted by Gasteiger charge is 2.33. The SMILES string of the molecule is CC(NC(=O)Cc1ccc(OCC2CN(CC(=O)Oc3ccccc3)C(=O)O2)cc1)C(N)=O. The zero-order valence-corrected chi connectivity index (χ0v) is 18.1. The summed E-state index contributed by atoms with van der Waals surface area (Å²) in [5.41, 5.74) is 5.86. The van der Waals surface area contributed by atoms with E-state index < -0.39 is 30.1 Å². The van der Waals surface area contributed by atoms with Crippen molar-refractivity contribution in [2.24, 2.45) is 5.73 Å². The molecular formula is C23H25N3O7. The number of nitrogens with one attached hydrogen (secondary N) is 1. The number of hydrogen-bond acceptors (Lipinski definition) is 7. The predicted molar refractivity (Wildman–Crippen MR) is 116 cm³/mol. The summed E-state index contributed by atoms with van der Waals surface area (Å²) in [6.07, 6.45) is -1.06. The van der Waals surface area contributed by atoms with Crippen molar-refractivity contribution in [1.29, 1.82) is 0 Å². The molecule has 1 heterocycles. The van der Waals surface area contributed by atoms with Crippen molar-refractivity contribution in [3.05, 3.63) is 60.2 Å². The molecule has 10 heteroatoms. The maximum Gasteiger partial charge on any atom is 0.410 e. The largest absolute Gasteiger partial charge is 0.490 e. The maximum atomic E-state index is 12.0. The first kappa shape index (κ1) is 23.6. The van der Waals surface area contributed by atoms with Gasteiger partial charge in [-0.2, -0.15) is 0 Å². The predicted octanol–water partition coefficient (Wildman–Crippen LogP) is 1.02. The molecule has 33 heavy (non-hydrogen) atoms. The summed E-state index contributed by atoms with van der Waals surface area (Å²) >= 11 is 0. The Morgan fingerprint density at radius 2 is 1.82 bits per heavy atom. The molecule has 2 aromatic carbocycles. The Hall–Kier alpha value is -4.08. The van der Waals surface area contributed by atoms with E-state index in [-0.39, 0.29) is 32.0 Å². The van der Waals surface area contributed by atoms with Gasteiger partial charge in [-0.05, 0) is 36.8 Å². The number of carbonyl (C=O) groups excluding carboxylic acids is 4. The quantitative estimate of drug-likeness (QED) is 0.403. The summed E-state index contributed by atoms with van der Waals surface area (Å²) in [5, 5.41) is 2.51. The Balaban J connectivity index is 1.42. The highest BCUT2D eigenvalue weighted by molar-refractivity contribution is 5.87. The standard InChI is InChI=1S/C23H25N3O7/c1-15(22(24)29)25-20(27)11-16-7-9-17(10-8-16)31-14-19-12-26(23(30)33-19)13-21(28)32-18-5-3-2-4-6-18/h2-10,15,19H,11-14H2,1H3,(H2,24,29)(H,25,27). The number of amides is 3. The van der Waals surface area contributed by atoms with Crippen LogP contribution in [0, 0.1) is 0 Å². The fraction of sp³-hybridized carbons (Fsp3) is 0.304. The van der Waals surface area contributed by atoms with Gasteiger partial charge in [0.1, 0.15) is 30.7 Å². The molecule has 2 unspecified atom stereocenters. The fourth-order valence-corrected chi connectivity index (χ4v) is 3.04. The minimum atomic E-state index is -0.742. The van der Waals surface area contributed by atoms with Gasteiger partial charge in [-0.25, -0.2) is 9.59 Å². The van der Waals surface area contributed by atoms with Crippen molar-refractivity contribution in [3.63, 3.8) is 0 Å². The van der Waals surface area contributed by atoms with Crippen LogP contribution in [-0.2, 0) is 25.5 Å². The molecule has 1 aliphatic rings. The van der Waals surface area contributed by atoms with Gasteiger partial charge in [0.2, 0.25) is 11.8 Å². The van der Waals surface area contributed by atoms with Gasteiger partial charge in [0.05, 0.1) is 13.0 Å². The molecular weight excluding hydrogens is 430 g/mol. The summed E-state index contributed by atoms with van der Waals surface area (Å²) < 4.78 is 16.1. The number of carbonyl (C=O) groups is 4. The average molecular weight is 455 g/mol. The number of para-hydroxylation sites is 1. The van der Waals surface area contributed by atoms with E-state index in [2.05, 4.69) is 5.32 Å². The monoisotopic (exact) mass is 455 g/mol. The molecule has 2 atom stereocenters. The van der Waals surface area contributed by atoms with Gasteiger partial charge in [0.25, 0.3) is 0 Å². The molecule has 0 spiro atoms. The van der Waals surface area contributed by atoms with E-state index in [0.717, 1.165) is 5.56 Å². The zero-order valence-electron chi connectivity index (χ0n) is 18.1. The number of primary amides is 1. The second-order valence-corrected chi connectivity index (χ2v) is 7.50. The van der Waals surface area contributed by atoms with Crippen LogP contribution in [-0.4, -0.2) is 60.6 Å². The van der Waals surface area contributed by atoms with Crippen molar-refractivity contribution in [2.45, 2.75) is 25.5 Å². The van der Waals surface area contributed by atoms with Gasteiger partial charge in [0.15, 0.2) is 6.10 Å². The second-order valence-electron chi connectivity index (χ2n) is 7.50. The molecule has 0 radical (unpaired) electrons. The van der Waals surface area contributed by atoms with Crippen molar-refractivity contribution in [1.82, 2.24) is 10.2 Å². The van der Waals surface area contributed by atoms with Crippen LogP contribution in [0.15, 0.2) is 54.6 Å². The van der Waals surface area contributed by atoms with E-state index in [0.29, 0.717) is 11.5 Å². The first-order valence-electron chi connectivity index (χ1n) is 10.3. The smallest absolute Gasteiger partial charge is 0.410 e. The molecule has 3 rings (SSSR count). The number of esters is 1. The van der Waals surface area contributed by atoms with Crippen LogP contribution in [0.2, 0.25) is 0 Å². The van der Waals surface area contributed by atoms with Gasteiger partial charge in [-0.15, -0.1) is 0 Å². The molecule has 1 fully saturated rings. The molecule has 10 nitrogen and oxygen atoms in total. The van der Waals surface area contributed by atoms with Crippen LogP contribution in [0.25, 0.3) is 0 Å². The molecule has 0 saturated carbocycles. The number of benzene rings is 2. The van der Waals surface area contributed by atoms with Gasteiger partial charge in [0, 0.05) is 0 Å². The van der Waals surface area contributed by atoms with Crippen molar-refractivity contribution in [2.75, 3.05) is 19.7 Å². The van der Waals surface area contributed by atoms with Crippen LogP contribution in [0.1, 0.15) is 12.5 Å². The minimum absolute atomic E-state index is 0.0895. The Morgan fingerprint density at radius 1 is 1.12 bits per heavy atom. The molecule has 1 aliphatic heterocycles. The van der Waals surface area contributed by atoms with Gasteiger partial charge in [-0.1, -0.05) is 30.3 Å². The van der Waals surface area contributed by atoms with Crippen LogP contribution >= 0.6 is 0 Å². The lowest BCUT2D eigenvalue weighted by atomic mass is 10.1. The van der Waals surface area contributed by atoms with Crippen molar-refractivity contribution >= 4 is 23.9 Å². The van der Waals surface area contributed by atoms with E-state index in [4.69, 9.17) is 19.9 Å². The van der Waals surface area contributed by atoms with Crippen LogP contribution < -0.4 is 20.5 Å². The van der Waals surface area contributed by atoms with Crippen molar-refractivity contribution < 1.29 is 33.4 Å². The molecule has 3 amide bonds. The third kappa shape index (κ3) is 7.23. The number of rotatable bonds is 10. The Kier molecular flexibility index (Phi) is 7.85. The molecule has 1 saturated heterocycles. The summed E-state index contributed by atoms with van der Waals surface area (Å²) in [7, 11) is 0. The molecule has 0 aromatic heterocycles. The highest BCUT2D eigenvalue weighted by Crippen LogP contribution is 2.17. The summed E-state index contributed by atoms with van der Waals surface area (Å²) in [6, 6.07) is 14.7. The lowest BCUT2D eigenvalue weighted by Crippen LogP contribution is -2.42. The minimum Gasteiger partial charge on any atom is -0.490 e. The number of ether oxygens (including phenoxy) is 3. The third-order valence-corrected chi connectivity index (χ3v) is 4.77. The third-order valence-electron chi connectivity index (χ3n) is 4.77. The lowest BCUT2D eigenvalue weighted by molar-refractivity contribution is -0.135. The number of cyclic esters (lactones) is 1. The first-order chi connectivity index (χ1) is 15.8. The Labute approximate surface area is 190 Å². The van der Waals surface area contributed by atoms with E-state index >= 15 is 0 Å². The van der Waals surface area contributed by atoms with Crippen LogP contribution in [0.4, 0.5) is 4.79 Å². The van der Waals surface area contributed by atoms with Crippen molar-refractivity contribution in [3.8, 4) is 11.5 Å². The topological polar surface area (TPSA) is 137 Å². The zero-order chi connectivity index (χ0) is 23.8. The van der Waals surface area contributed by atoms with E-state index in [1.807, 2.05) is 0 Å². The first-order valence-corrected chi connectivity index (χ1v) is 10.3.